The summed E-state index contributed by atoms with van der Waals surface area (Å²) in [7, 11) is 0. The van der Waals surface area contributed by atoms with E-state index in [-0.39, 0.29) is 27.7 Å². The maximum atomic E-state index is 11.5. The molecular formula is C12H23NO2S2. The van der Waals surface area contributed by atoms with Crippen LogP contribution in [0.2, 0.25) is 0 Å². The smallest absolute Gasteiger partial charge is 0.221 e. The summed E-state index contributed by atoms with van der Waals surface area (Å²) in [5, 5.41) is 2.61. The van der Waals surface area contributed by atoms with Crippen molar-refractivity contribution in [2.45, 2.75) is 56.5 Å². The second-order valence-electron chi connectivity index (χ2n) is 5.62. The maximum absolute atomic E-state index is 11.5. The molecule has 0 radical (unpaired) electrons. The zero-order chi connectivity index (χ0) is 13.7. The summed E-state index contributed by atoms with van der Waals surface area (Å²) < 4.78 is -0.493. The van der Waals surface area contributed by atoms with E-state index in [1.54, 1.807) is 0 Å². The van der Waals surface area contributed by atoms with Crippen molar-refractivity contribution in [3.63, 3.8) is 0 Å². The first kappa shape index (κ1) is 16.8. The lowest BCUT2D eigenvalue weighted by molar-refractivity contribution is -0.125. The van der Waals surface area contributed by atoms with E-state index in [4.69, 9.17) is 0 Å². The topological polar surface area (TPSA) is 46.2 Å². The minimum atomic E-state index is -0.347. The van der Waals surface area contributed by atoms with Gasteiger partial charge in [-0.3, -0.25) is 9.59 Å². The first-order chi connectivity index (χ1) is 7.49. The fourth-order valence-corrected chi connectivity index (χ4v) is 1.44. The number of rotatable bonds is 7. The Morgan fingerprint density at radius 2 is 1.59 bits per heavy atom. The molecule has 0 unspecified atom stereocenters. The van der Waals surface area contributed by atoms with Crippen LogP contribution in [0, 0.1) is 0 Å². The fourth-order valence-electron chi connectivity index (χ4n) is 1.19. The van der Waals surface area contributed by atoms with Crippen molar-refractivity contribution in [1.82, 2.24) is 5.32 Å². The molecule has 0 rings (SSSR count). The van der Waals surface area contributed by atoms with Gasteiger partial charge < -0.3 is 5.32 Å². The molecular weight excluding hydrogens is 254 g/mol. The first-order valence-corrected chi connectivity index (χ1v) is 6.62. The third-order valence-corrected chi connectivity index (χ3v) is 2.47. The number of carbonyl (C=O) groups is 2. The molecule has 5 heteroatoms. The van der Waals surface area contributed by atoms with E-state index in [1.165, 1.54) is 0 Å². The van der Waals surface area contributed by atoms with Gasteiger partial charge in [-0.1, -0.05) is 27.7 Å². The Morgan fingerprint density at radius 1 is 1.06 bits per heavy atom. The van der Waals surface area contributed by atoms with Crippen LogP contribution in [0.4, 0.5) is 0 Å². The number of thiol groups is 2. The zero-order valence-corrected chi connectivity index (χ0v) is 12.8. The lowest BCUT2D eigenvalue weighted by atomic mass is 10.0. The molecule has 0 heterocycles. The third kappa shape index (κ3) is 12.1. The Morgan fingerprint density at radius 3 is 2.00 bits per heavy atom. The Balaban J connectivity index is 3.82. The highest BCUT2D eigenvalue weighted by Crippen LogP contribution is 2.19. The minimum absolute atomic E-state index is 0.0393. The minimum Gasteiger partial charge on any atom is -0.349 e. The van der Waals surface area contributed by atoms with E-state index in [0.29, 0.717) is 19.3 Å². The average Bonchev–Trinajstić information content (AvgIpc) is 2.07. The summed E-state index contributed by atoms with van der Waals surface area (Å²) in [6.45, 7) is 7.76. The van der Waals surface area contributed by atoms with E-state index in [0.717, 1.165) is 0 Å². The highest BCUT2D eigenvalue weighted by atomic mass is 32.1. The SMILES string of the molecule is CC(C)(S)CCC(=O)CNC(=O)CC(C)(C)S. The average molecular weight is 277 g/mol. The van der Waals surface area contributed by atoms with Gasteiger partial charge in [0.1, 0.15) is 0 Å². The second kappa shape index (κ2) is 6.69. The molecule has 0 aromatic rings. The van der Waals surface area contributed by atoms with Crippen LogP contribution in [-0.4, -0.2) is 27.7 Å². The summed E-state index contributed by atoms with van der Waals surface area (Å²) in [5.41, 5.74) is 0. The molecule has 0 aromatic heterocycles. The van der Waals surface area contributed by atoms with Crippen molar-refractivity contribution in [2.24, 2.45) is 0 Å². The van der Waals surface area contributed by atoms with Crippen LogP contribution in [0.25, 0.3) is 0 Å². The van der Waals surface area contributed by atoms with Gasteiger partial charge in [0.15, 0.2) is 5.78 Å². The lowest BCUT2D eigenvalue weighted by Gasteiger charge is -2.17. The largest absolute Gasteiger partial charge is 0.349 e. The molecule has 0 aliphatic carbocycles. The zero-order valence-electron chi connectivity index (χ0n) is 11.0. The van der Waals surface area contributed by atoms with E-state index >= 15 is 0 Å². The molecule has 0 bridgehead atoms. The van der Waals surface area contributed by atoms with Crippen LogP contribution >= 0.6 is 25.3 Å². The van der Waals surface area contributed by atoms with Crippen molar-refractivity contribution >= 4 is 36.9 Å². The van der Waals surface area contributed by atoms with Crippen LogP contribution in [0.15, 0.2) is 0 Å². The molecule has 1 N–H and O–H groups in total. The number of amides is 1. The summed E-state index contributed by atoms with van der Waals surface area (Å²) in [5.74, 6) is -0.0964. The number of carbonyl (C=O) groups excluding carboxylic acids is 2. The summed E-state index contributed by atoms with van der Waals surface area (Å²) in [6.07, 6.45) is 1.46. The van der Waals surface area contributed by atoms with Crippen molar-refractivity contribution in [3.05, 3.63) is 0 Å². The monoisotopic (exact) mass is 277 g/mol. The van der Waals surface area contributed by atoms with Crippen LogP contribution in [0.3, 0.4) is 0 Å². The van der Waals surface area contributed by atoms with E-state index in [9.17, 15) is 9.59 Å². The molecule has 0 aliphatic heterocycles. The van der Waals surface area contributed by atoms with Gasteiger partial charge in [-0.2, -0.15) is 25.3 Å². The summed E-state index contributed by atoms with van der Waals surface area (Å²) in [4.78, 5) is 22.9. The fraction of sp³-hybridized carbons (Fsp3) is 0.833. The predicted octanol–water partition coefficient (Wildman–Crippen LogP) is 2.26. The molecule has 17 heavy (non-hydrogen) atoms. The second-order valence-corrected chi connectivity index (χ2v) is 8.04. The first-order valence-electron chi connectivity index (χ1n) is 5.73. The lowest BCUT2D eigenvalue weighted by Crippen LogP contribution is -2.33. The molecule has 0 saturated heterocycles. The van der Waals surface area contributed by atoms with Gasteiger partial charge in [-0.15, -0.1) is 0 Å². The number of hydrogen-bond donors (Lipinski definition) is 3. The van der Waals surface area contributed by atoms with Gasteiger partial charge in [0, 0.05) is 22.3 Å². The maximum Gasteiger partial charge on any atom is 0.221 e. The summed E-state index contributed by atoms with van der Waals surface area (Å²) in [6, 6.07) is 0. The number of Topliss-reactive ketones (excluding diaryl/α,β-unsaturated/α-hetero) is 1. The quantitative estimate of drug-likeness (QED) is 0.625. The highest BCUT2D eigenvalue weighted by molar-refractivity contribution is 7.82. The molecule has 3 nitrogen and oxygen atoms in total. The molecule has 0 spiro atoms. The molecule has 0 aromatic carbocycles. The van der Waals surface area contributed by atoms with Crippen LogP contribution in [0.5, 0.6) is 0 Å². The summed E-state index contributed by atoms with van der Waals surface area (Å²) >= 11 is 8.61. The van der Waals surface area contributed by atoms with Gasteiger partial charge in [-0.05, 0) is 6.42 Å². The highest BCUT2D eigenvalue weighted by Gasteiger charge is 2.18. The molecule has 0 fully saturated rings. The number of ketones is 1. The van der Waals surface area contributed by atoms with Crippen molar-refractivity contribution < 1.29 is 9.59 Å². The molecule has 100 valence electrons. The molecule has 0 aliphatic rings. The Kier molecular flexibility index (Phi) is 6.62. The number of hydrogen-bond acceptors (Lipinski definition) is 4. The van der Waals surface area contributed by atoms with Gasteiger partial charge >= 0.3 is 0 Å². The Labute approximate surface area is 115 Å². The molecule has 1 amide bonds. The van der Waals surface area contributed by atoms with E-state index in [1.807, 2.05) is 27.7 Å². The van der Waals surface area contributed by atoms with Gasteiger partial charge in [-0.25, -0.2) is 0 Å². The van der Waals surface area contributed by atoms with Gasteiger partial charge in [0.05, 0.1) is 6.54 Å². The van der Waals surface area contributed by atoms with E-state index in [2.05, 4.69) is 30.6 Å². The van der Waals surface area contributed by atoms with Crippen molar-refractivity contribution in [1.29, 1.82) is 0 Å². The van der Waals surface area contributed by atoms with Crippen LogP contribution in [0.1, 0.15) is 47.0 Å². The third-order valence-electron chi connectivity index (χ3n) is 2.09. The standard InChI is InChI=1S/C12H23NO2S2/c1-11(2,16)6-5-9(14)8-13-10(15)7-12(3,4)17/h16-17H,5-8H2,1-4H3,(H,13,15). The van der Waals surface area contributed by atoms with Gasteiger partial charge in [0.25, 0.3) is 0 Å². The Hall–Kier alpha value is -0.160. The molecule has 0 saturated carbocycles. The van der Waals surface area contributed by atoms with Crippen molar-refractivity contribution in [2.75, 3.05) is 6.54 Å². The van der Waals surface area contributed by atoms with Gasteiger partial charge in [0.2, 0.25) is 5.91 Å². The Bertz CT molecular complexity index is 277. The van der Waals surface area contributed by atoms with E-state index < -0.39 is 0 Å². The molecule has 0 atom stereocenters. The number of nitrogens with one attached hydrogen (secondary N) is 1. The normalized spacial score (nSPS) is 12.4. The van der Waals surface area contributed by atoms with Crippen LogP contribution < -0.4 is 5.32 Å². The predicted molar refractivity (Wildman–Crippen MR) is 78.0 cm³/mol. The van der Waals surface area contributed by atoms with Crippen LogP contribution in [-0.2, 0) is 9.59 Å². The van der Waals surface area contributed by atoms with Crippen molar-refractivity contribution in [3.8, 4) is 0 Å².